The van der Waals surface area contributed by atoms with Gasteiger partial charge in [0, 0.05) is 7.05 Å². The highest BCUT2D eigenvalue weighted by molar-refractivity contribution is 5.72. The predicted molar refractivity (Wildman–Crippen MR) is 74.2 cm³/mol. The first-order valence-electron chi connectivity index (χ1n) is 5.68. The van der Waals surface area contributed by atoms with Crippen LogP contribution in [-0.4, -0.2) is 29.0 Å². The lowest BCUT2D eigenvalue weighted by atomic mass is 10.2. The minimum atomic E-state index is -0.555. The number of nitrogens with two attached hydrogens (primary N) is 1. The van der Waals surface area contributed by atoms with E-state index in [-0.39, 0.29) is 17.5 Å². The van der Waals surface area contributed by atoms with Gasteiger partial charge in [0.05, 0.1) is 17.7 Å². The smallest absolute Gasteiger partial charge is 0.330 e. The van der Waals surface area contributed by atoms with E-state index in [1.807, 2.05) is 0 Å². The molecule has 0 saturated carbocycles. The van der Waals surface area contributed by atoms with Crippen molar-refractivity contribution in [3.63, 3.8) is 0 Å². The summed E-state index contributed by atoms with van der Waals surface area (Å²) >= 11 is 0. The van der Waals surface area contributed by atoms with Gasteiger partial charge in [0.2, 0.25) is 11.8 Å². The van der Waals surface area contributed by atoms with Gasteiger partial charge >= 0.3 is 5.69 Å². The maximum absolute atomic E-state index is 11.1. The average molecular weight is 275 g/mol. The van der Waals surface area contributed by atoms with E-state index in [1.54, 1.807) is 31.3 Å². The first kappa shape index (κ1) is 13.5. The van der Waals surface area contributed by atoms with Crippen LogP contribution in [0.2, 0.25) is 0 Å². The van der Waals surface area contributed by atoms with Crippen LogP contribution in [0.15, 0.2) is 30.5 Å². The van der Waals surface area contributed by atoms with E-state index in [1.165, 1.54) is 12.0 Å². The molecule has 20 heavy (non-hydrogen) atoms. The molecular formula is C12H13N5O3. The van der Waals surface area contributed by atoms with E-state index in [9.17, 15) is 10.1 Å². The van der Waals surface area contributed by atoms with E-state index >= 15 is 0 Å². The Morgan fingerprint density at radius 2 is 2.10 bits per heavy atom. The second kappa shape index (κ2) is 5.39. The summed E-state index contributed by atoms with van der Waals surface area (Å²) in [6, 6.07) is 7.12. The van der Waals surface area contributed by atoms with E-state index in [0.717, 1.165) is 6.20 Å². The number of hydrogen-bond acceptors (Lipinski definition) is 7. The summed E-state index contributed by atoms with van der Waals surface area (Å²) in [7, 11) is 3.17. The van der Waals surface area contributed by atoms with Crippen molar-refractivity contribution in [1.82, 2.24) is 9.97 Å². The van der Waals surface area contributed by atoms with Crippen LogP contribution >= 0.6 is 0 Å². The van der Waals surface area contributed by atoms with Crippen molar-refractivity contribution in [2.24, 2.45) is 0 Å². The van der Waals surface area contributed by atoms with Crippen LogP contribution in [0, 0.1) is 10.1 Å². The summed E-state index contributed by atoms with van der Waals surface area (Å²) < 4.78 is 5.23. The molecule has 0 saturated heterocycles. The van der Waals surface area contributed by atoms with Crippen molar-refractivity contribution >= 4 is 23.1 Å². The largest absolute Gasteiger partial charge is 0.495 e. The molecule has 0 spiro atoms. The zero-order chi connectivity index (χ0) is 14.7. The third kappa shape index (κ3) is 2.44. The number of methoxy groups -OCH3 is 1. The molecule has 0 atom stereocenters. The fourth-order valence-electron chi connectivity index (χ4n) is 1.78. The highest BCUT2D eigenvalue weighted by Gasteiger charge is 2.22. The summed E-state index contributed by atoms with van der Waals surface area (Å²) in [5.41, 5.74) is 5.92. The van der Waals surface area contributed by atoms with Crippen molar-refractivity contribution in [3.8, 4) is 5.75 Å². The van der Waals surface area contributed by atoms with Crippen LogP contribution in [0.1, 0.15) is 0 Å². The molecule has 2 rings (SSSR count). The quantitative estimate of drug-likeness (QED) is 0.668. The lowest BCUT2D eigenvalue weighted by molar-refractivity contribution is -0.384. The first-order chi connectivity index (χ1) is 9.54. The molecule has 0 aliphatic carbocycles. The van der Waals surface area contributed by atoms with Crippen LogP contribution in [0.3, 0.4) is 0 Å². The van der Waals surface area contributed by atoms with Gasteiger partial charge in [-0.05, 0) is 12.1 Å². The van der Waals surface area contributed by atoms with Crippen molar-refractivity contribution in [2.45, 2.75) is 0 Å². The molecule has 2 N–H and O–H groups in total. The number of hydrogen-bond donors (Lipinski definition) is 1. The number of nitrogens with zero attached hydrogens (tertiary/aromatic N) is 4. The van der Waals surface area contributed by atoms with Crippen molar-refractivity contribution in [1.29, 1.82) is 0 Å². The molecule has 1 heterocycles. The van der Waals surface area contributed by atoms with Gasteiger partial charge in [0.15, 0.2) is 0 Å². The molecule has 0 amide bonds. The van der Waals surface area contributed by atoms with Crippen molar-refractivity contribution in [2.75, 3.05) is 24.8 Å². The lowest BCUT2D eigenvalue weighted by Crippen LogP contribution is -2.15. The highest BCUT2D eigenvalue weighted by Crippen LogP contribution is 2.35. The number of benzene rings is 1. The second-order valence-electron chi connectivity index (χ2n) is 3.93. The Morgan fingerprint density at radius 3 is 2.75 bits per heavy atom. The van der Waals surface area contributed by atoms with E-state index < -0.39 is 4.92 Å². The number of ether oxygens (including phenoxy) is 1. The number of nitrogen functional groups attached to an aromatic ring is 1. The molecule has 8 heteroatoms. The molecule has 104 valence electrons. The zero-order valence-electron chi connectivity index (χ0n) is 11.0. The third-order valence-electron chi connectivity index (χ3n) is 2.73. The number of aromatic nitrogens is 2. The van der Waals surface area contributed by atoms with E-state index in [2.05, 4.69) is 9.97 Å². The summed E-state index contributed by atoms with van der Waals surface area (Å²) in [5.74, 6) is 0.640. The number of nitro groups is 1. The summed E-state index contributed by atoms with van der Waals surface area (Å²) in [6.45, 7) is 0. The van der Waals surface area contributed by atoms with Crippen molar-refractivity contribution in [3.05, 3.63) is 40.6 Å². The van der Waals surface area contributed by atoms with Gasteiger partial charge in [-0.2, -0.15) is 4.98 Å². The minimum absolute atomic E-state index is 0.0349. The van der Waals surface area contributed by atoms with Gasteiger partial charge in [-0.25, -0.2) is 4.98 Å². The average Bonchev–Trinajstić information content (AvgIpc) is 2.46. The normalized spacial score (nSPS) is 10.1. The van der Waals surface area contributed by atoms with Crippen LogP contribution < -0.4 is 15.4 Å². The highest BCUT2D eigenvalue weighted by atomic mass is 16.6. The SMILES string of the molecule is COc1ccccc1N(C)c1nc(N)ncc1[N+](=O)[O-]. The molecule has 1 aromatic carbocycles. The molecule has 2 aromatic rings. The van der Waals surface area contributed by atoms with Crippen LogP contribution in [0.5, 0.6) is 5.75 Å². The monoisotopic (exact) mass is 275 g/mol. The molecule has 0 aliphatic heterocycles. The Kier molecular flexibility index (Phi) is 3.65. The van der Waals surface area contributed by atoms with Gasteiger partial charge in [-0.15, -0.1) is 0 Å². The molecular weight excluding hydrogens is 262 g/mol. The Bertz CT molecular complexity index is 647. The number of rotatable bonds is 4. The Morgan fingerprint density at radius 1 is 1.40 bits per heavy atom. The van der Waals surface area contributed by atoms with E-state index in [0.29, 0.717) is 11.4 Å². The Hall–Kier alpha value is -2.90. The molecule has 8 nitrogen and oxygen atoms in total. The molecule has 0 fully saturated rings. The maximum atomic E-state index is 11.1. The summed E-state index contributed by atoms with van der Waals surface area (Å²) in [4.78, 5) is 19.6. The standard InChI is InChI=1S/C12H13N5O3/c1-16(8-5-3-4-6-10(8)20-2)11-9(17(18)19)7-14-12(13)15-11/h3-7H,1-2H3,(H2,13,14,15). The lowest BCUT2D eigenvalue weighted by Gasteiger charge is -2.20. The van der Waals surface area contributed by atoms with Gasteiger partial charge in [-0.3, -0.25) is 10.1 Å². The maximum Gasteiger partial charge on any atom is 0.330 e. The molecule has 0 radical (unpaired) electrons. The minimum Gasteiger partial charge on any atom is -0.495 e. The second-order valence-corrected chi connectivity index (χ2v) is 3.93. The van der Waals surface area contributed by atoms with Crippen LogP contribution in [0.4, 0.5) is 23.1 Å². The van der Waals surface area contributed by atoms with Gasteiger partial charge in [0.25, 0.3) is 0 Å². The molecule has 0 bridgehead atoms. The predicted octanol–water partition coefficient (Wildman–Crippen LogP) is 1.74. The summed E-state index contributed by atoms with van der Waals surface area (Å²) in [6.07, 6.45) is 1.09. The fourth-order valence-corrected chi connectivity index (χ4v) is 1.78. The first-order valence-corrected chi connectivity index (χ1v) is 5.68. The van der Waals surface area contributed by atoms with Crippen molar-refractivity contribution < 1.29 is 9.66 Å². The van der Waals surface area contributed by atoms with E-state index in [4.69, 9.17) is 10.5 Å². The number of anilines is 3. The Labute approximate surface area is 115 Å². The molecule has 1 aromatic heterocycles. The fraction of sp³-hybridized carbons (Fsp3) is 0.167. The molecule has 0 aliphatic rings. The third-order valence-corrected chi connectivity index (χ3v) is 2.73. The van der Waals surface area contributed by atoms with Crippen LogP contribution in [0.25, 0.3) is 0 Å². The zero-order valence-corrected chi connectivity index (χ0v) is 11.0. The van der Waals surface area contributed by atoms with Gasteiger partial charge in [0.1, 0.15) is 11.9 Å². The van der Waals surface area contributed by atoms with Gasteiger partial charge in [-0.1, -0.05) is 12.1 Å². The topological polar surface area (TPSA) is 107 Å². The van der Waals surface area contributed by atoms with Crippen LogP contribution in [-0.2, 0) is 0 Å². The molecule has 0 unspecified atom stereocenters. The van der Waals surface area contributed by atoms with Gasteiger partial charge < -0.3 is 15.4 Å². The summed E-state index contributed by atoms with van der Waals surface area (Å²) in [5, 5.41) is 11.1. The Balaban J connectivity index is 2.55. The number of para-hydroxylation sites is 2.